The van der Waals surface area contributed by atoms with Crippen LogP contribution in [0.5, 0.6) is 0 Å². The van der Waals surface area contributed by atoms with Crippen LogP contribution in [-0.4, -0.2) is 8.76 Å². The molecule has 0 amide bonds. The number of allylic oxidation sites excluding steroid dienone is 1. The quantitative estimate of drug-likeness (QED) is 0.765. The standard InChI is InChI=1S/C13H10O2S/c14-16(15)12-8-7-10-4-1-3-9-5-2-6-11(12)13(9)10/h1-4,6-8H,5H2,(H,14,15). The lowest BCUT2D eigenvalue weighted by Crippen LogP contribution is -1.99. The van der Waals surface area contributed by atoms with Gasteiger partial charge >= 0.3 is 0 Å². The molecular weight excluding hydrogens is 220 g/mol. The first kappa shape index (κ1) is 9.75. The Bertz CT molecular complexity index is 629. The minimum atomic E-state index is -1.92. The van der Waals surface area contributed by atoms with E-state index in [0.717, 1.165) is 22.8 Å². The van der Waals surface area contributed by atoms with Gasteiger partial charge < -0.3 is 4.55 Å². The van der Waals surface area contributed by atoms with E-state index in [2.05, 4.69) is 6.07 Å². The van der Waals surface area contributed by atoms with Gasteiger partial charge in [-0.1, -0.05) is 36.4 Å². The summed E-state index contributed by atoms with van der Waals surface area (Å²) in [7, 11) is 0. The van der Waals surface area contributed by atoms with Crippen molar-refractivity contribution >= 4 is 27.9 Å². The smallest absolute Gasteiger partial charge is 0.187 e. The van der Waals surface area contributed by atoms with E-state index in [-0.39, 0.29) is 0 Å². The molecule has 0 fully saturated rings. The first-order valence-corrected chi connectivity index (χ1v) is 6.20. The van der Waals surface area contributed by atoms with Crippen molar-refractivity contribution in [1.82, 2.24) is 0 Å². The van der Waals surface area contributed by atoms with Crippen LogP contribution in [0.25, 0.3) is 16.8 Å². The average molecular weight is 230 g/mol. The number of hydrogen-bond donors (Lipinski definition) is 1. The van der Waals surface area contributed by atoms with Crippen LogP contribution in [-0.2, 0) is 17.5 Å². The lowest BCUT2D eigenvalue weighted by molar-refractivity contribution is 0.564. The minimum Gasteiger partial charge on any atom is -0.302 e. The SMILES string of the molecule is O=S(O)c1ccc2cccc3c2c1C=CC3. The third kappa shape index (κ3) is 1.32. The molecule has 2 nitrogen and oxygen atoms in total. The Kier molecular flexibility index (Phi) is 2.16. The lowest BCUT2D eigenvalue weighted by Gasteiger charge is -2.14. The molecule has 0 heterocycles. The van der Waals surface area contributed by atoms with Gasteiger partial charge in [0.1, 0.15) is 0 Å². The number of rotatable bonds is 1. The minimum absolute atomic E-state index is 0.496. The average Bonchev–Trinajstić information content (AvgIpc) is 2.30. The second-order valence-corrected chi connectivity index (χ2v) is 4.79. The van der Waals surface area contributed by atoms with Crippen LogP contribution in [0.4, 0.5) is 0 Å². The maximum atomic E-state index is 11.2. The lowest BCUT2D eigenvalue weighted by atomic mass is 9.93. The number of benzene rings is 2. The molecule has 0 saturated heterocycles. The highest BCUT2D eigenvalue weighted by molar-refractivity contribution is 7.79. The van der Waals surface area contributed by atoms with Crippen LogP contribution in [0.15, 0.2) is 41.3 Å². The molecule has 1 atom stereocenters. The van der Waals surface area contributed by atoms with Gasteiger partial charge in [0.2, 0.25) is 0 Å². The Balaban J connectivity index is 2.49. The van der Waals surface area contributed by atoms with Crippen molar-refractivity contribution in [2.24, 2.45) is 0 Å². The van der Waals surface area contributed by atoms with Crippen LogP contribution in [0, 0.1) is 0 Å². The van der Waals surface area contributed by atoms with Gasteiger partial charge in [-0.25, -0.2) is 4.21 Å². The molecule has 0 aliphatic heterocycles. The molecule has 1 aliphatic carbocycles. The van der Waals surface area contributed by atoms with Crippen LogP contribution < -0.4 is 0 Å². The Labute approximate surface area is 95.9 Å². The highest BCUT2D eigenvalue weighted by Crippen LogP contribution is 2.32. The van der Waals surface area contributed by atoms with Gasteiger partial charge in [-0.05, 0) is 28.8 Å². The topological polar surface area (TPSA) is 37.3 Å². The van der Waals surface area contributed by atoms with Crippen LogP contribution in [0.2, 0.25) is 0 Å². The molecule has 1 unspecified atom stereocenters. The van der Waals surface area contributed by atoms with Gasteiger partial charge in [-0.3, -0.25) is 0 Å². The van der Waals surface area contributed by atoms with Crippen molar-refractivity contribution in [2.45, 2.75) is 11.3 Å². The molecule has 2 aromatic carbocycles. The van der Waals surface area contributed by atoms with E-state index in [4.69, 9.17) is 0 Å². The zero-order valence-corrected chi connectivity index (χ0v) is 9.33. The molecule has 0 aromatic heterocycles. The van der Waals surface area contributed by atoms with Crippen LogP contribution in [0.3, 0.4) is 0 Å². The second kappa shape index (κ2) is 3.54. The van der Waals surface area contributed by atoms with Crippen LogP contribution >= 0.6 is 0 Å². The molecule has 0 bridgehead atoms. The summed E-state index contributed by atoms with van der Waals surface area (Å²) in [5.41, 5.74) is 2.11. The van der Waals surface area contributed by atoms with Crippen molar-refractivity contribution in [3.8, 4) is 0 Å². The summed E-state index contributed by atoms with van der Waals surface area (Å²) in [6, 6.07) is 9.76. The molecule has 0 spiro atoms. The molecule has 3 rings (SSSR count). The fraction of sp³-hybridized carbons (Fsp3) is 0.0769. The van der Waals surface area contributed by atoms with E-state index in [1.165, 1.54) is 5.56 Å². The molecule has 0 saturated carbocycles. The van der Waals surface area contributed by atoms with Gasteiger partial charge in [-0.15, -0.1) is 0 Å². The second-order valence-electron chi connectivity index (χ2n) is 3.85. The molecule has 80 valence electrons. The summed E-state index contributed by atoms with van der Waals surface area (Å²) in [5.74, 6) is 0. The number of hydrogen-bond acceptors (Lipinski definition) is 1. The van der Waals surface area contributed by atoms with Crippen molar-refractivity contribution in [2.75, 3.05) is 0 Å². The zero-order valence-electron chi connectivity index (χ0n) is 8.51. The highest BCUT2D eigenvalue weighted by Gasteiger charge is 2.14. The van der Waals surface area contributed by atoms with E-state index < -0.39 is 11.1 Å². The predicted molar refractivity (Wildman–Crippen MR) is 65.7 cm³/mol. The van der Waals surface area contributed by atoms with E-state index in [1.54, 1.807) is 6.07 Å². The highest BCUT2D eigenvalue weighted by atomic mass is 32.2. The molecule has 2 aromatic rings. The summed E-state index contributed by atoms with van der Waals surface area (Å²) >= 11 is -1.92. The first-order chi connectivity index (χ1) is 7.77. The van der Waals surface area contributed by atoms with E-state index in [9.17, 15) is 8.76 Å². The van der Waals surface area contributed by atoms with Gasteiger partial charge in [0.15, 0.2) is 11.1 Å². The fourth-order valence-electron chi connectivity index (χ4n) is 2.26. The largest absolute Gasteiger partial charge is 0.302 e. The van der Waals surface area contributed by atoms with Gasteiger partial charge in [0, 0.05) is 5.56 Å². The Morgan fingerprint density at radius 2 is 2.06 bits per heavy atom. The normalized spacial score (nSPS) is 15.3. The molecule has 16 heavy (non-hydrogen) atoms. The maximum Gasteiger partial charge on any atom is 0.187 e. The van der Waals surface area contributed by atoms with Crippen molar-refractivity contribution in [3.05, 3.63) is 47.5 Å². The van der Waals surface area contributed by atoms with E-state index in [1.807, 2.05) is 30.4 Å². The summed E-state index contributed by atoms with van der Waals surface area (Å²) < 4.78 is 20.5. The Hall–Kier alpha value is -1.45. The molecule has 0 radical (unpaired) electrons. The van der Waals surface area contributed by atoms with Crippen molar-refractivity contribution in [1.29, 1.82) is 0 Å². The summed E-state index contributed by atoms with van der Waals surface area (Å²) in [6.45, 7) is 0. The third-order valence-corrected chi connectivity index (χ3v) is 3.67. The van der Waals surface area contributed by atoms with E-state index in [0.29, 0.717) is 4.90 Å². The Morgan fingerprint density at radius 1 is 1.19 bits per heavy atom. The predicted octanol–water partition coefficient (Wildman–Crippen LogP) is 2.99. The van der Waals surface area contributed by atoms with Gasteiger partial charge in [-0.2, -0.15) is 0 Å². The molecular formula is C13H10O2S. The summed E-state index contributed by atoms with van der Waals surface area (Å²) in [6.07, 6.45) is 4.87. The van der Waals surface area contributed by atoms with Crippen molar-refractivity contribution in [3.63, 3.8) is 0 Å². The summed E-state index contributed by atoms with van der Waals surface area (Å²) in [4.78, 5) is 0.496. The van der Waals surface area contributed by atoms with Gasteiger partial charge in [0.25, 0.3) is 0 Å². The molecule has 3 heteroatoms. The monoisotopic (exact) mass is 230 g/mol. The molecule has 1 N–H and O–H groups in total. The first-order valence-electron chi connectivity index (χ1n) is 5.09. The van der Waals surface area contributed by atoms with Crippen LogP contribution in [0.1, 0.15) is 11.1 Å². The van der Waals surface area contributed by atoms with Crippen molar-refractivity contribution < 1.29 is 8.76 Å². The zero-order chi connectivity index (χ0) is 11.1. The maximum absolute atomic E-state index is 11.2. The summed E-state index contributed by atoms with van der Waals surface area (Å²) in [5, 5.41) is 2.25. The van der Waals surface area contributed by atoms with Gasteiger partial charge in [0.05, 0.1) is 4.90 Å². The third-order valence-electron chi connectivity index (χ3n) is 2.94. The Morgan fingerprint density at radius 3 is 2.88 bits per heavy atom. The molecule has 1 aliphatic rings. The fourth-order valence-corrected chi connectivity index (χ4v) is 2.80. The van der Waals surface area contributed by atoms with E-state index >= 15 is 0 Å².